The standard InChI is InChI=1S/C13H19N3O2S/c1-7-6-14-11(19-7)9(3)16-8(2)10(17)15-13(4,5)12(16)18/h6,8-9H,1-5H3,(H,15,17). The summed E-state index contributed by atoms with van der Waals surface area (Å²) in [4.78, 5) is 31.6. The number of carbonyl (C=O) groups is 2. The number of hydrogen-bond donors (Lipinski definition) is 1. The first kappa shape index (κ1) is 14.0. The van der Waals surface area contributed by atoms with Crippen LogP contribution in [0.2, 0.25) is 0 Å². The molecular weight excluding hydrogens is 262 g/mol. The number of carbonyl (C=O) groups excluding carboxylic acids is 2. The molecular formula is C13H19N3O2S. The van der Waals surface area contributed by atoms with Crippen LogP contribution in [0.25, 0.3) is 0 Å². The van der Waals surface area contributed by atoms with Crippen molar-refractivity contribution in [1.82, 2.24) is 15.2 Å². The lowest BCUT2D eigenvalue weighted by molar-refractivity contribution is -0.155. The molecule has 0 aliphatic carbocycles. The van der Waals surface area contributed by atoms with Crippen LogP contribution < -0.4 is 5.32 Å². The fourth-order valence-electron chi connectivity index (χ4n) is 2.29. The van der Waals surface area contributed by atoms with E-state index in [4.69, 9.17) is 0 Å². The minimum Gasteiger partial charge on any atom is -0.340 e. The molecule has 1 fully saturated rings. The summed E-state index contributed by atoms with van der Waals surface area (Å²) in [5.74, 6) is -0.190. The molecule has 0 bridgehead atoms. The van der Waals surface area contributed by atoms with Crippen LogP contribution in [0.1, 0.15) is 43.6 Å². The largest absolute Gasteiger partial charge is 0.340 e. The molecule has 2 amide bonds. The van der Waals surface area contributed by atoms with E-state index in [9.17, 15) is 9.59 Å². The Morgan fingerprint density at radius 2 is 2.11 bits per heavy atom. The van der Waals surface area contributed by atoms with Crippen molar-refractivity contribution in [2.75, 3.05) is 0 Å². The van der Waals surface area contributed by atoms with E-state index in [0.717, 1.165) is 9.88 Å². The quantitative estimate of drug-likeness (QED) is 0.896. The van der Waals surface area contributed by atoms with Crippen molar-refractivity contribution in [2.45, 2.75) is 52.2 Å². The predicted octanol–water partition coefficient (Wildman–Crippen LogP) is 1.64. The molecule has 1 aromatic heterocycles. The van der Waals surface area contributed by atoms with Crippen molar-refractivity contribution >= 4 is 23.2 Å². The monoisotopic (exact) mass is 281 g/mol. The number of aromatic nitrogens is 1. The second-order valence-electron chi connectivity index (χ2n) is 5.49. The third-order valence-electron chi connectivity index (χ3n) is 3.42. The SMILES string of the molecule is Cc1cnc(C(C)N2C(=O)C(C)(C)NC(=O)C2C)s1. The molecule has 1 N–H and O–H groups in total. The van der Waals surface area contributed by atoms with Gasteiger partial charge in [-0.15, -0.1) is 11.3 Å². The molecule has 2 atom stereocenters. The van der Waals surface area contributed by atoms with Gasteiger partial charge in [-0.1, -0.05) is 0 Å². The van der Waals surface area contributed by atoms with Crippen LogP contribution >= 0.6 is 11.3 Å². The molecule has 104 valence electrons. The summed E-state index contributed by atoms with van der Waals surface area (Å²) < 4.78 is 0. The summed E-state index contributed by atoms with van der Waals surface area (Å²) in [7, 11) is 0. The second kappa shape index (κ2) is 4.59. The van der Waals surface area contributed by atoms with Crippen molar-refractivity contribution in [2.24, 2.45) is 0 Å². The first-order valence-corrected chi connectivity index (χ1v) is 7.13. The number of thiazole rings is 1. The summed E-state index contributed by atoms with van der Waals surface area (Å²) in [6, 6.07) is -0.661. The summed E-state index contributed by atoms with van der Waals surface area (Å²) >= 11 is 1.56. The van der Waals surface area contributed by atoms with Crippen molar-refractivity contribution in [1.29, 1.82) is 0 Å². The highest BCUT2D eigenvalue weighted by Gasteiger charge is 2.45. The van der Waals surface area contributed by atoms with E-state index >= 15 is 0 Å². The van der Waals surface area contributed by atoms with E-state index in [1.54, 1.807) is 43.2 Å². The topological polar surface area (TPSA) is 62.3 Å². The summed E-state index contributed by atoms with van der Waals surface area (Å²) in [6.45, 7) is 9.10. The van der Waals surface area contributed by atoms with Gasteiger partial charge in [-0.05, 0) is 34.6 Å². The van der Waals surface area contributed by atoms with Crippen molar-refractivity contribution in [3.05, 3.63) is 16.1 Å². The van der Waals surface area contributed by atoms with Crippen molar-refractivity contribution in [3.63, 3.8) is 0 Å². The maximum Gasteiger partial charge on any atom is 0.249 e. The van der Waals surface area contributed by atoms with Gasteiger partial charge < -0.3 is 10.2 Å². The van der Waals surface area contributed by atoms with Gasteiger partial charge in [-0.2, -0.15) is 0 Å². The highest BCUT2D eigenvalue weighted by molar-refractivity contribution is 7.11. The van der Waals surface area contributed by atoms with E-state index in [0.29, 0.717) is 0 Å². The summed E-state index contributed by atoms with van der Waals surface area (Å²) in [5.41, 5.74) is -0.857. The van der Waals surface area contributed by atoms with Gasteiger partial charge in [-0.25, -0.2) is 4.98 Å². The Kier molecular flexibility index (Phi) is 3.38. The average Bonchev–Trinajstić information content (AvgIpc) is 2.73. The maximum atomic E-state index is 12.5. The van der Waals surface area contributed by atoms with Gasteiger partial charge in [0, 0.05) is 11.1 Å². The lowest BCUT2D eigenvalue weighted by Crippen LogP contribution is -2.67. The number of nitrogens with one attached hydrogen (secondary N) is 1. The zero-order valence-corrected chi connectivity index (χ0v) is 12.7. The molecule has 5 nitrogen and oxygen atoms in total. The minimum atomic E-state index is -0.857. The summed E-state index contributed by atoms with van der Waals surface area (Å²) in [6.07, 6.45) is 1.79. The Morgan fingerprint density at radius 3 is 2.63 bits per heavy atom. The smallest absolute Gasteiger partial charge is 0.249 e. The molecule has 0 saturated carbocycles. The molecule has 0 aromatic carbocycles. The van der Waals surface area contributed by atoms with E-state index in [-0.39, 0.29) is 17.9 Å². The lowest BCUT2D eigenvalue weighted by Gasteiger charge is -2.43. The zero-order valence-electron chi connectivity index (χ0n) is 11.9. The second-order valence-corrected chi connectivity index (χ2v) is 6.75. The van der Waals surface area contributed by atoms with Crippen molar-refractivity contribution < 1.29 is 9.59 Å². The van der Waals surface area contributed by atoms with E-state index in [2.05, 4.69) is 10.3 Å². The molecule has 19 heavy (non-hydrogen) atoms. The average molecular weight is 281 g/mol. The molecule has 0 radical (unpaired) electrons. The van der Waals surface area contributed by atoms with Crippen LogP contribution in [-0.4, -0.2) is 33.3 Å². The molecule has 2 rings (SSSR count). The van der Waals surface area contributed by atoms with E-state index in [1.807, 2.05) is 13.8 Å². The number of rotatable bonds is 2. The molecule has 1 saturated heterocycles. The Balaban J connectivity index is 2.35. The van der Waals surface area contributed by atoms with Crippen LogP contribution in [0.5, 0.6) is 0 Å². The van der Waals surface area contributed by atoms with Gasteiger partial charge >= 0.3 is 0 Å². The number of nitrogens with zero attached hydrogens (tertiary/aromatic N) is 2. The summed E-state index contributed by atoms with van der Waals surface area (Å²) in [5, 5.41) is 3.61. The van der Waals surface area contributed by atoms with Crippen LogP contribution in [0.3, 0.4) is 0 Å². The van der Waals surface area contributed by atoms with Crippen LogP contribution in [0.15, 0.2) is 6.20 Å². The number of piperazine rings is 1. The molecule has 2 heterocycles. The van der Waals surface area contributed by atoms with Gasteiger partial charge in [-0.3, -0.25) is 9.59 Å². The predicted molar refractivity (Wildman–Crippen MR) is 73.8 cm³/mol. The molecule has 1 aromatic rings. The molecule has 0 spiro atoms. The Hall–Kier alpha value is -1.43. The normalized spacial score (nSPS) is 24.3. The first-order chi connectivity index (χ1) is 8.74. The van der Waals surface area contributed by atoms with Crippen LogP contribution in [0, 0.1) is 6.92 Å². The third kappa shape index (κ3) is 2.36. The molecule has 6 heteroatoms. The zero-order chi connectivity index (χ0) is 14.4. The van der Waals surface area contributed by atoms with Gasteiger partial charge in [0.2, 0.25) is 11.8 Å². The molecule has 1 aliphatic rings. The van der Waals surface area contributed by atoms with Gasteiger partial charge in [0.15, 0.2) is 0 Å². The Morgan fingerprint density at radius 1 is 1.47 bits per heavy atom. The third-order valence-corrected chi connectivity index (χ3v) is 4.50. The van der Waals surface area contributed by atoms with E-state index in [1.165, 1.54) is 0 Å². The van der Waals surface area contributed by atoms with Crippen molar-refractivity contribution in [3.8, 4) is 0 Å². The van der Waals surface area contributed by atoms with Gasteiger partial charge in [0.25, 0.3) is 0 Å². The van der Waals surface area contributed by atoms with Gasteiger partial charge in [0.05, 0.1) is 6.04 Å². The highest BCUT2D eigenvalue weighted by atomic mass is 32.1. The number of amides is 2. The number of aryl methyl sites for hydroxylation is 1. The van der Waals surface area contributed by atoms with E-state index < -0.39 is 11.6 Å². The fourth-order valence-corrected chi connectivity index (χ4v) is 3.11. The highest BCUT2D eigenvalue weighted by Crippen LogP contribution is 2.30. The minimum absolute atomic E-state index is 0.0695. The molecule has 1 aliphatic heterocycles. The Labute approximate surface area is 117 Å². The van der Waals surface area contributed by atoms with Crippen LogP contribution in [0.4, 0.5) is 0 Å². The lowest BCUT2D eigenvalue weighted by atomic mass is 9.96. The Bertz CT molecular complexity index is 524. The maximum absolute atomic E-state index is 12.5. The van der Waals surface area contributed by atoms with Crippen LogP contribution in [-0.2, 0) is 9.59 Å². The first-order valence-electron chi connectivity index (χ1n) is 6.31. The molecule has 2 unspecified atom stereocenters. The fraction of sp³-hybridized carbons (Fsp3) is 0.615. The number of hydrogen-bond acceptors (Lipinski definition) is 4. The van der Waals surface area contributed by atoms with Gasteiger partial charge in [0.1, 0.15) is 16.6 Å².